The fourth-order valence-electron chi connectivity index (χ4n) is 5.59. The summed E-state index contributed by atoms with van der Waals surface area (Å²) in [5, 5.41) is 12.2. The van der Waals surface area contributed by atoms with Crippen LogP contribution in [0.5, 0.6) is 0 Å². The highest BCUT2D eigenvalue weighted by molar-refractivity contribution is 6.06. The van der Waals surface area contributed by atoms with Gasteiger partial charge in [0.25, 0.3) is 11.6 Å². The minimum Gasteiger partial charge on any atom is -0.273 e. The maximum absolute atomic E-state index is 13.7. The first-order chi connectivity index (χ1) is 15.1. The molecule has 1 N–H and O–H groups in total. The number of hydrogen-bond acceptors (Lipinski definition) is 4. The Morgan fingerprint density at radius 1 is 0.742 bits per heavy atom. The number of non-ortho nitro benzene ring substituents is 1. The molecule has 152 valence electrons. The van der Waals surface area contributed by atoms with Gasteiger partial charge in [0.1, 0.15) is 0 Å². The molecular formula is C24H17N3O4. The first-order valence-electron chi connectivity index (χ1n) is 10.1. The average Bonchev–Trinajstić information content (AvgIpc) is 2.81. The number of nitro groups is 1. The van der Waals surface area contributed by atoms with Crippen LogP contribution in [-0.2, 0) is 9.59 Å². The minimum absolute atomic E-state index is 0.0722. The molecule has 0 unspecified atom stereocenters. The van der Waals surface area contributed by atoms with Gasteiger partial charge in [-0.1, -0.05) is 48.5 Å². The second kappa shape index (κ2) is 6.25. The van der Waals surface area contributed by atoms with Gasteiger partial charge >= 0.3 is 0 Å². The fraction of sp³-hybridized carbons (Fsp3) is 0.167. The van der Waals surface area contributed by atoms with Crippen LogP contribution in [0, 0.1) is 22.0 Å². The van der Waals surface area contributed by atoms with Crippen molar-refractivity contribution < 1.29 is 14.5 Å². The van der Waals surface area contributed by atoms with Crippen molar-refractivity contribution in [2.45, 2.75) is 11.8 Å². The maximum Gasteiger partial charge on any atom is 0.269 e. The van der Waals surface area contributed by atoms with E-state index in [4.69, 9.17) is 0 Å². The van der Waals surface area contributed by atoms with E-state index in [0.29, 0.717) is 5.69 Å². The Morgan fingerprint density at radius 2 is 1.23 bits per heavy atom. The molecule has 0 saturated carbocycles. The highest BCUT2D eigenvalue weighted by atomic mass is 16.6. The molecule has 0 aromatic heterocycles. The number of anilines is 1. The predicted octanol–water partition coefficient (Wildman–Crippen LogP) is 3.50. The van der Waals surface area contributed by atoms with Crippen molar-refractivity contribution in [3.63, 3.8) is 0 Å². The first kappa shape index (κ1) is 17.8. The van der Waals surface area contributed by atoms with Crippen molar-refractivity contribution in [1.82, 2.24) is 5.43 Å². The molecule has 0 radical (unpaired) electrons. The molecule has 0 spiro atoms. The van der Waals surface area contributed by atoms with Crippen LogP contribution in [-0.4, -0.2) is 16.7 Å². The third-order valence-corrected chi connectivity index (χ3v) is 6.79. The molecule has 7 rings (SSSR count). The van der Waals surface area contributed by atoms with Gasteiger partial charge in [0.05, 0.1) is 22.4 Å². The average molecular weight is 411 g/mol. The van der Waals surface area contributed by atoms with Gasteiger partial charge in [-0.15, -0.1) is 0 Å². The molecule has 3 aliphatic carbocycles. The molecule has 1 fully saturated rings. The second-order valence-electron chi connectivity index (χ2n) is 8.19. The number of benzene rings is 3. The zero-order valence-electron chi connectivity index (χ0n) is 16.3. The van der Waals surface area contributed by atoms with Crippen molar-refractivity contribution in [3.05, 3.63) is 105 Å². The van der Waals surface area contributed by atoms with Crippen LogP contribution in [0.1, 0.15) is 34.1 Å². The van der Waals surface area contributed by atoms with Crippen LogP contribution in [0.4, 0.5) is 11.4 Å². The molecule has 7 nitrogen and oxygen atoms in total. The molecule has 4 aliphatic rings. The lowest BCUT2D eigenvalue weighted by molar-refractivity contribution is -0.384. The van der Waals surface area contributed by atoms with Gasteiger partial charge in [0.2, 0.25) is 5.91 Å². The topological polar surface area (TPSA) is 92.6 Å². The van der Waals surface area contributed by atoms with Gasteiger partial charge in [-0.3, -0.25) is 25.1 Å². The van der Waals surface area contributed by atoms with Crippen LogP contribution < -0.4 is 10.4 Å². The predicted molar refractivity (Wildman–Crippen MR) is 112 cm³/mol. The molecule has 1 saturated heterocycles. The summed E-state index contributed by atoms with van der Waals surface area (Å²) in [6.45, 7) is 0. The lowest BCUT2D eigenvalue weighted by atomic mass is 9.53. The standard InChI is InChI=1S/C24H17N3O4/c28-23-21-19-15-5-1-3-7-17(15)20(18-8-4-2-6-16(18)19)22(21)24(29)26(25-23)13-9-11-14(12-10-13)27(30)31/h1-12,19-22H,(H,25,28)/t19?,20?,21-,22+/m1/s1. The number of hydrogen-bond donors (Lipinski definition) is 1. The third-order valence-electron chi connectivity index (χ3n) is 6.79. The highest BCUT2D eigenvalue weighted by Crippen LogP contribution is 2.59. The van der Waals surface area contributed by atoms with Crippen molar-refractivity contribution in [2.75, 3.05) is 5.01 Å². The van der Waals surface area contributed by atoms with Crippen LogP contribution in [0.3, 0.4) is 0 Å². The smallest absolute Gasteiger partial charge is 0.269 e. The third kappa shape index (κ3) is 2.34. The van der Waals surface area contributed by atoms with Crippen molar-refractivity contribution in [2.24, 2.45) is 11.8 Å². The Kier molecular flexibility index (Phi) is 3.59. The molecule has 3 aromatic carbocycles. The summed E-state index contributed by atoms with van der Waals surface area (Å²) in [6, 6.07) is 21.7. The van der Waals surface area contributed by atoms with Crippen molar-refractivity contribution >= 4 is 23.2 Å². The molecule has 2 atom stereocenters. The van der Waals surface area contributed by atoms with E-state index in [1.807, 2.05) is 24.3 Å². The Morgan fingerprint density at radius 3 is 1.71 bits per heavy atom. The van der Waals surface area contributed by atoms with Crippen LogP contribution >= 0.6 is 0 Å². The first-order valence-corrected chi connectivity index (χ1v) is 10.1. The van der Waals surface area contributed by atoms with E-state index in [2.05, 4.69) is 29.7 Å². The van der Waals surface area contributed by atoms with Gasteiger partial charge in [0, 0.05) is 24.0 Å². The van der Waals surface area contributed by atoms with Gasteiger partial charge in [-0.2, -0.15) is 0 Å². The van der Waals surface area contributed by atoms with E-state index in [9.17, 15) is 19.7 Å². The zero-order chi connectivity index (χ0) is 21.3. The number of rotatable bonds is 2. The molecule has 1 aliphatic heterocycles. The van der Waals surface area contributed by atoms with Gasteiger partial charge < -0.3 is 0 Å². The number of carbonyl (C=O) groups is 2. The number of hydrazine groups is 1. The van der Waals surface area contributed by atoms with E-state index < -0.39 is 16.8 Å². The zero-order valence-corrected chi connectivity index (χ0v) is 16.3. The summed E-state index contributed by atoms with van der Waals surface area (Å²) in [6.07, 6.45) is 0. The normalized spacial score (nSPS) is 25.4. The Hall–Kier alpha value is -4.00. The SMILES string of the molecule is O=C1NN(c2ccc([N+](=O)[O-])cc2)C(=O)[C@H]2C3c4ccccc4C(c4ccccc43)[C@@H]12. The summed E-state index contributed by atoms with van der Waals surface area (Å²) in [5.41, 5.74) is 7.50. The maximum atomic E-state index is 13.7. The minimum atomic E-state index is -0.529. The Labute approximate surface area is 177 Å². The molecule has 7 heteroatoms. The van der Waals surface area contributed by atoms with Crippen LogP contribution in [0.15, 0.2) is 72.8 Å². The Bertz CT molecular complexity index is 1220. The van der Waals surface area contributed by atoms with E-state index in [-0.39, 0.29) is 29.3 Å². The number of nitro benzene ring substituents is 1. The quantitative estimate of drug-likeness (QED) is 0.516. The van der Waals surface area contributed by atoms with Crippen molar-refractivity contribution in [3.8, 4) is 0 Å². The van der Waals surface area contributed by atoms with Gasteiger partial charge in [0.15, 0.2) is 0 Å². The lowest BCUT2D eigenvalue weighted by Gasteiger charge is -2.52. The summed E-state index contributed by atoms with van der Waals surface area (Å²) in [5.74, 6) is -1.80. The van der Waals surface area contributed by atoms with Gasteiger partial charge in [-0.05, 0) is 34.4 Å². The summed E-state index contributed by atoms with van der Waals surface area (Å²) < 4.78 is 0. The van der Waals surface area contributed by atoms with Crippen molar-refractivity contribution in [1.29, 1.82) is 0 Å². The van der Waals surface area contributed by atoms with E-state index in [0.717, 1.165) is 22.3 Å². The molecule has 1 heterocycles. The molecule has 2 amide bonds. The molecule has 31 heavy (non-hydrogen) atoms. The molecular weight excluding hydrogens is 394 g/mol. The molecule has 3 aromatic rings. The van der Waals surface area contributed by atoms with E-state index in [1.54, 1.807) is 0 Å². The largest absolute Gasteiger partial charge is 0.273 e. The molecule has 2 bridgehead atoms. The van der Waals surface area contributed by atoms with Crippen LogP contribution in [0.2, 0.25) is 0 Å². The number of carbonyl (C=O) groups excluding carboxylic acids is 2. The second-order valence-corrected chi connectivity index (χ2v) is 8.19. The van der Waals surface area contributed by atoms with E-state index >= 15 is 0 Å². The monoisotopic (exact) mass is 411 g/mol. The number of nitrogens with one attached hydrogen (secondary N) is 1. The number of nitrogens with zero attached hydrogens (tertiary/aromatic N) is 2. The van der Waals surface area contributed by atoms with Crippen LogP contribution in [0.25, 0.3) is 0 Å². The Balaban J connectivity index is 1.49. The van der Waals surface area contributed by atoms with E-state index in [1.165, 1.54) is 29.3 Å². The summed E-state index contributed by atoms with van der Waals surface area (Å²) in [4.78, 5) is 37.5. The fourth-order valence-corrected chi connectivity index (χ4v) is 5.59. The summed E-state index contributed by atoms with van der Waals surface area (Å²) >= 11 is 0. The summed E-state index contributed by atoms with van der Waals surface area (Å²) in [7, 11) is 0. The van der Waals surface area contributed by atoms with Gasteiger partial charge in [-0.25, -0.2) is 5.01 Å². The highest BCUT2D eigenvalue weighted by Gasteiger charge is 2.58. The number of amides is 2. The lowest BCUT2D eigenvalue weighted by Crippen LogP contribution is -2.64.